The van der Waals surface area contributed by atoms with Crippen molar-refractivity contribution in [1.29, 1.82) is 0 Å². The van der Waals surface area contributed by atoms with Gasteiger partial charge in [-0.1, -0.05) is 30.3 Å². The molecule has 130 valence electrons. The van der Waals surface area contributed by atoms with Gasteiger partial charge in [0, 0.05) is 25.0 Å². The number of nitrogens with two attached hydrogens (primary N) is 1. The van der Waals surface area contributed by atoms with Crippen LogP contribution in [0.5, 0.6) is 0 Å². The van der Waals surface area contributed by atoms with Crippen LogP contribution in [-0.2, 0) is 11.3 Å². The molecule has 0 amide bonds. The third kappa shape index (κ3) is 4.17. The second-order valence-corrected chi connectivity index (χ2v) is 5.86. The number of rotatable bonds is 5. The summed E-state index contributed by atoms with van der Waals surface area (Å²) in [5.41, 5.74) is 7.57. The number of ether oxygens (including phenoxy) is 1. The Morgan fingerprint density at radius 3 is 2.71 bits per heavy atom. The average Bonchev–Trinajstić information content (AvgIpc) is 3.16. The van der Waals surface area contributed by atoms with E-state index < -0.39 is 5.97 Å². The van der Waals surface area contributed by atoms with Crippen molar-refractivity contribution in [1.82, 2.24) is 4.90 Å². The number of carbonyl (C=O) groups excluding carboxylic acids is 1. The normalized spacial score (nSPS) is 20.6. The van der Waals surface area contributed by atoms with Crippen molar-refractivity contribution < 1.29 is 13.9 Å². The van der Waals surface area contributed by atoms with Gasteiger partial charge >= 0.3 is 5.97 Å². The van der Waals surface area contributed by atoms with Crippen LogP contribution in [-0.4, -0.2) is 36.6 Å². The molecular weight excluding hydrogens is 328 g/mol. The summed E-state index contributed by atoms with van der Waals surface area (Å²) in [5, 5.41) is 0. The van der Waals surface area contributed by atoms with Crippen LogP contribution >= 0.6 is 12.4 Å². The van der Waals surface area contributed by atoms with E-state index >= 15 is 0 Å². The molecule has 0 aliphatic carbocycles. The Kier molecular flexibility index (Phi) is 6.43. The van der Waals surface area contributed by atoms with Crippen LogP contribution in [0, 0.1) is 0 Å². The summed E-state index contributed by atoms with van der Waals surface area (Å²) < 4.78 is 10.5. The Morgan fingerprint density at radius 2 is 2.00 bits per heavy atom. The molecule has 0 saturated carbocycles. The van der Waals surface area contributed by atoms with Crippen LogP contribution in [0.4, 0.5) is 0 Å². The van der Waals surface area contributed by atoms with Crippen molar-refractivity contribution in [3.8, 4) is 0 Å². The molecule has 2 atom stereocenters. The van der Waals surface area contributed by atoms with Gasteiger partial charge < -0.3 is 14.9 Å². The first-order valence-electron chi connectivity index (χ1n) is 7.96. The number of hydrogen-bond acceptors (Lipinski definition) is 5. The van der Waals surface area contributed by atoms with Crippen LogP contribution < -0.4 is 5.73 Å². The summed E-state index contributed by atoms with van der Waals surface area (Å²) in [5.74, 6) is 0.925. The molecule has 1 aromatic carbocycles. The minimum absolute atomic E-state index is 0. The zero-order valence-corrected chi connectivity index (χ0v) is 14.5. The van der Waals surface area contributed by atoms with E-state index in [2.05, 4.69) is 17.0 Å². The predicted octanol–water partition coefficient (Wildman–Crippen LogP) is 2.80. The van der Waals surface area contributed by atoms with Crippen molar-refractivity contribution in [2.24, 2.45) is 5.73 Å². The number of halogens is 1. The lowest BCUT2D eigenvalue weighted by atomic mass is 9.95. The molecule has 24 heavy (non-hydrogen) atoms. The Hall–Kier alpha value is -1.82. The third-order valence-corrected chi connectivity index (χ3v) is 4.19. The summed E-state index contributed by atoms with van der Waals surface area (Å²) in [6.07, 6.45) is 0. The van der Waals surface area contributed by atoms with Gasteiger partial charge in [0.1, 0.15) is 5.76 Å². The quantitative estimate of drug-likeness (QED) is 0.840. The maximum Gasteiger partial charge on any atom is 0.374 e. The number of carbonyl (C=O) groups is 1. The fourth-order valence-corrected chi connectivity index (χ4v) is 3.09. The maximum absolute atomic E-state index is 11.6. The molecule has 2 aromatic rings. The third-order valence-electron chi connectivity index (χ3n) is 4.19. The highest BCUT2D eigenvalue weighted by Crippen LogP contribution is 2.27. The number of nitrogens with zero attached hydrogens (tertiary/aromatic N) is 1. The summed E-state index contributed by atoms with van der Waals surface area (Å²) in [7, 11) is 0. The monoisotopic (exact) mass is 350 g/mol. The van der Waals surface area contributed by atoms with E-state index in [1.54, 1.807) is 13.0 Å². The first-order chi connectivity index (χ1) is 11.2. The van der Waals surface area contributed by atoms with Crippen molar-refractivity contribution >= 4 is 18.4 Å². The van der Waals surface area contributed by atoms with E-state index in [1.807, 2.05) is 24.3 Å². The molecule has 2 N–H and O–H groups in total. The lowest BCUT2D eigenvalue weighted by molar-refractivity contribution is 0.0486. The van der Waals surface area contributed by atoms with Crippen LogP contribution in [0.3, 0.4) is 0 Å². The minimum Gasteiger partial charge on any atom is -0.460 e. The van der Waals surface area contributed by atoms with E-state index in [1.165, 1.54) is 5.56 Å². The number of likely N-dealkylation sites (tertiary alicyclic amines) is 1. The highest BCUT2D eigenvalue weighted by Gasteiger charge is 2.31. The molecule has 2 heterocycles. The van der Waals surface area contributed by atoms with Gasteiger partial charge in [0.2, 0.25) is 5.76 Å². The Labute approximate surface area is 148 Å². The second-order valence-electron chi connectivity index (χ2n) is 5.86. The van der Waals surface area contributed by atoms with Crippen molar-refractivity contribution in [3.05, 3.63) is 59.5 Å². The van der Waals surface area contributed by atoms with Gasteiger partial charge in [-0.2, -0.15) is 0 Å². The van der Waals surface area contributed by atoms with Crippen molar-refractivity contribution in [3.63, 3.8) is 0 Å². The van der Waals surface area contributed by atoms with Gasteiger partial charge in [0.15, 0.2) is 0 Å². The first-order valence-corrected chi connectivity index (χ1v) is 7.96. The molecule has 0 unspecified atom stereocenters. The molecular formula is C18H23ClN2O3. The summed E-state index contributed by atoms with van der Waals surface area (Å²) >= 11 is 0. The molecule has 0 bridgehead atoms. The molecule has 6 heteroatoms. The Balaban J connectivity index is 0.00000208. The molecule has 1 aliphatic rings. The first kappa shape index (κ1) is 18.5. The van der Waals surface area contributed by atoms with E-state index in [9.17, 15) is 4.79 Å². The molecule has 5 nitrogen and oxygen atoms in total. The highest BCUT2D eigenvalue weighted by molar-refractivity contribution is 5.86. The van der Waals surface area contributed by atoms with Crippen LogP contribution in [0.1, 0.15) is 34.7 Å². The molecule has 1 aliphatic heterocycles. The largest absolute Gasteiger partial charge is 0.460 e. The van der Waals surface area contributed by atoms with Crippen molar-refractivity contribution in [2.45, 2.75) is 25.4 Å². The van der Waals surface area contributed by atoms with Gasteiger partial charge in [-0.3, -0.25) is 4.90 Å². The molecule has 1 fully saturated rings. The van der Waals surface area contributed by atoms with E-state index in [4.69, 9.17) is 14.9 Å². The van der Waals surface area contributed by atoms with E-state index in [-0.39, 0.29) is 24.2 Å². The van der Waals surface area contributed by atoms with Gasteiger partial charge in [0.05, 0.1) is 13.2 Å². The van der Waals surface area contributed by atoms with Gasteiger partial charge in [-0.25, -0.2) is 4.79 Å². The second kappa shape index (κ2) is 8.33. The zero-order valence-electron chi connectivity index (χ0n) is 13.7. The maximum atomic E-state index is 11.6. The van der Waals surface area contributed by atoms with E-state index in [0.717, 1.165) is 18.8 Å². The van der Waals surface area contributed by atoms with Crippen LogP contribution in [0.25, 0.3) is 0 Å². The highest BCUT2D eigenvalue weighted by atomic mass is 35.5. The molecule has 0 radical (unpaired) electrons. The van der Waals surface area contributed by atoms with Gasteiger partial charge in [-0.15, -0.1) is 12.4 Å². The van der Waals surface area contributed by atoms with E-state index in [0.29, 0.717) is 19.1 Å². The lowest BCUT2D eigenvalue weighted by Crippen LogP contribution is -2.28. The lowest BCUT2D eigenvalue weighted by Gasteiger charge is -2.15. The van der Waals surface area contributed by atoms with Crippen LogP contribution in [0.15, 0.2) is 46.9 Å². The summed E-state index contributed by atoms with van der Waals surface area (Å²) in [4.78, 5) is 13.9. The van der Waals surface area contributed by atoms with Crippen LogP contribution in [0.2, 0.25) is 0 Å². The number of esters is 1. The molecule has 1 saturated heterocycles. The topological polar surface area (TPSA) is 68.7 Å². The number of hydrogen-bond donors (Lipinski definition) is 1. The molecule has 0 spiro atoms. The van der Waals surface area contributed by atoms with Gasteiger partial charge in [0.25, 0.3) is 0 Å². The average molecular weight is 351 g/mol. The molecule has 3 rings (SSSR count). The number of benzene rings is 1. The Bertz CT molecular complexity index is 659. The predicted molar refractivity (Wildman–Crippen MR) is 94.3 cm³/mol. The smallest absolute Gasteiger partial charge is 0.374 e. The standard InChI is InChI=1S/C18H22N2O3.ClH/c1-2-22-18(21)17-9-8-14(23-17)10-20-11-15(16(19)12-20)13-6-4-3-5-7-13;/h3-9,15-16H,2,10-12,19H2,1H3;1H/t15-,16+;/m0./s1. The fourth-order valence-electron chi connectivity index (χ4n) is 3.09. The summed E-state index contributed by atoms with van der Waals surface area (Å²) in [6.45, 7) is 4.47. The zero-order chi connectivity index (χ0) is 16.2. The summed E-state index contributed by atoms with van der Waals surface area (Å²) in [6, 6.07) is 14.0. The number of furan rings is 1. The van der Waals surface area contributed by atoms with Crippen molar-refractivity contribution in [2.75, 3.05) is 19.7 Å². The molecule has 1 aromatic heterocycles. The fraction of sp³-hybridized carbons (Fsp3) is 0.389. The van der Waals surface area contributed by atoms with Gasteiger partial charge in [-0.05, 0) is 24.6 Å². The minimum atomic E-state index is -0.418. The Morgan fingerprint density at radius 1 is 1.25 bits per heavy atom. The SMILES string of the molecule is CCOC(=O)c1ccc(CN2C[C@@H](N)[C@H](c3ccccc3)C2)o1.Cl.